The van der Waals surface area contributed by atoms with Crippen molar-refractivity contribution in [2.75, 3.05) is 19.7 Å². The van der Waals surface area contributed by atoms with Crippen LogP contribution < -0.4 is 14.8 Å². The second-order valence-corrected chi connectivity index (χ2v) is 7.48. The minimum absolute atomic E-state index is 0.00702. The maximum atomic E-state index is 12.5. The van der Waals surface area contributed by atoms with E-state index < -0.39 is 10.0 Å². The first-order valence-electron chi connectivity index (χ1n) is 8.14. The third-order valence-corrected chi connectivity index (χ3v) is 5.58. The number of sulfonamides is 1. The van der Waals surface area contributed by atoms with Crippen LogP contribution >= 0.6 is 0 Å². The molecule has 0 aliphatic carbocycles. The van der Waals surface area contributed by atoms with Gasteiger partial charge in [0.2, 0.25) is 10.0 Å². The molecule has 1 aliphatic heterocycles. The third-order valence-electron chi connectivity index (χ3n) is 4.14. The highest BCUT2D eigenvalue weighted by molar-refractivity contribution is 7.89. The van der Waals surface area contributed by atoms with Crippen molar-refractivity contribution in [3.05, 3.63) is 59.7 Å². The van der Waals surface area contributed by atoms with Crippen molar-refractivity contribution in [1.29, 1.82) is 0 Å². The van der Waals surface area contributed by atoms with Gasteiger partial charge in [0.1, 0.15) is 5.75 Å². The van der Waals surface area contributed by atoms with Gasteiger partial charge in [-0.15, -0.1) is 0 Å². The van der Waals surface area contributed by atoms with Crippen LogP contribution in [-0.4, -0.2) is 28.1 Å². The quantitative estimate of drug-likeness (QED) is 0.842. The van der Waals surface area contributed by atoms with Crippen molar-refractivity contribution in [3.8, 4) is 5.75 Å². The maximum absolute atomic E-state index is 12.5. The number of nitrogens with one attached hydrogen (secondary N) is 2. The summed E-state index contributed by atoms with van der Waals surface area (Å²) in [6, 6.07) is 14.6. The van der Waals surface area contributed by atoms with Gasteiger partial charge in [-0.05, 0) is 55.3 Å². The molecule has 6 heteroatoms. The van der Waals surface area contributed by atoms with Crippen LogP contribution in [0.5, 0.6) is 5.75 Å². The molecular formula is C18H22N2O3S. The Labute approximate surface area is 143 Å². The van der Waals surface area contributed by atoms with Crippen LogP contribution in [0.15, 0.2) is 53.4 Å². The highest BCUT2D eigenvalue weighted by Gasteiger charge is 2.22. The molecule has 1 unspecified atom stereocenters. The van der Waals surface area contributed by atoms with Crippen LogP contribution in [0.3, 0.4) is 0 Å². The molecule has 0 saturated carbocycles. The first-order valence-corrected chi connectivity index (χ1v) is 9.62. The fourth-order valence-electron chi connectivity index (χ4n) is 2.93. The molecule has 0 radical (unpaired) electrons. The second-order valence-electron chi connectivity index (χ2n) is 5.71. The number of ether oxygens (including phenoxy) is 1. The average Bonchev–Trinajstić information content (AvgIpc) is 2.61. The Kier molecular flexibility index (Phi) is 5.18. The standard InChI is InChI=1S/C18H22N2O3S/c1-2-23-15-7-9-16(10-8-15)24(21,22)20-13-18-17-6-4-3-5-14(17)11-12-19-18/h3-10,18-20H,2,11-13H2,1H3. The summed E-state index contributed by atoms with van der Waals surface area (Å²) in [7, 11) is -3.54. The summed E-state index contributed by atoms with van der Waals surface area (Å²) in [6.07, 6.45) is 0.971. The van der Waals surface area contributed by atoms with E-state index in [4.69, 9.17) is 4.74 Å². The molecule has 1 atom stereocenters. The summed E-state index contributed by atoms with van der Waals surface area (Å²) in [5, 5.41) is 3.38. The summed E-state index contributed by atoms with van der Waals surface area (Å²) < 4.78 is 33.0. The molecule has 0 bridgehead atoms. The maximum Gasteiger partial charge on any atom is 0.240 e. The highest BCUT2D eigenvalue weighted by atomic mass is 32.2. The topological polar surface area (TPSA) is 67.4 Å². The molecule has 2 aromatic carbocycles. The van der Waals surface area contributed by atoms with E-state index in [-0.39, 0.29) is 10.9 Å². The minimum Gasteiger partial charge on any atom is -0.494 e. The number of hydrogen-bond donors (Lipinski definition) is 2. The van der Waals surface area contributed by atoms with Gasteiger partial charge in [0.15, 0.2) is 0 Å². The van der Waals surface area contributed by atoms with Gasteiger partial charge in [0.05, 0.1) is 11.5 Å². The van der Waals surface area contributed by atoms with Crippen molar-refractivity contribution >= 4 is 10.0 Å². The molecule has 0 amide bonds. The third kappa shape index (κ3) is 3.77. The first-order chi connectivity index (χ1) is 11.6. The zero-order chi connectivity index (χ0) is 17.0. The Morgan fingerprint density at radius 2 is 1.92 bits per heavy atom. The van der Waals surface area contributed by atoms with Crippen LogP contribution in [0, 0.1) is 0 Å². The predicted molar refractivity (Wildman–Crippen MR) is 93.7 cm³/mol. The SMILES string of the molecule is CCOc1ccc(S(=O)(=O)NCC2NCCc3ccccc32)cc1. The summed E-state index contributed by atoms with van der Waals surface area (Å²) in [4.78, 5) is 0.245. The second kappa shape index (κ2) is 7.34. The molecule has 0 saturated heterocycles. The normalized spacial score (nSPS) is 17.3. The lowest BCUT2D eigenvalue weighted by atomic mass is 9.95. The molecule has 5 nitrogen and oxygen atoms in total. The Morgan fingerprint density at radius 3 is 2.67 bits per heavy atom. The van der Waals surface area contributed by atoms with Gasteiger partial charge in [-0.1, -0.05) is 24.3 Å². The van der Waals surface area contributed by atoms with Crippen LogP contribution in [0.25, 0.3) is 0 Å². The van der Waals surface area contributed by atoms with Gasteiger partial charge < -0.3 is 10.1 Å². The average molecular weight is 346 g/mol. The molecule has 0 aromatic heterocycles. The van der Waals surface area contributed by atoms with Gasteiger partial charge >= 0.3 is 0 Å². The van der Waals surface area contributed by atoms with Crippen molar-refractivity contribution in [3.63, 3.8) is 0 Å². The minimum atomic E-state index is -3.54. The molecule has 128 valence electrons. The summed E-state index contributed by atoms with van der Waals surface area (Å²) in [5.41, 5.74) is 2.44. The van der Waals surface area contributed by atoms with E-state index in [9.17, 15) is 8.42 Å². The smallest absolute Gasteiger partial charge is 0.240 e. The van der Waals surface area contributed by atoms with Gasteiger partial charge in [-0.3, -0.25) is 0 Å². The zero-order valence-electron chi connectivity index (χ0n) is 13.7. The molecule has 2 N–H and O–H groups in total. The molecular weight excluding hydrogens is 324 g/mol. The number of fused-ring (bicyclic) bond motifs is 1. The van der Waals surface area contributed by atoms with E-state index in [1.165, 1.54) is 5.56 Å². The van der Waals surface area contributed by atoms with Crippen LogP contribution in [-0.2, 0) is 16.4 Å². The summed E-state index contributed by atoms with van der Waals surface area (Å²) in [6.45, 7) is 3.62. The zero-order valence-corrected chi connectivity index (χ0v) is 14.5. The highest BCUT2D eigenvalue weighted by Crippen LogP contribution is 2.23. The lowest BCUT2D eigenvalue weighted by Crippen LogP contribution is -2.38. The van der Waals surface area contributed by atoms with Crippen LogP contribution in [0.2, 0.25) is 0 Å². The fourth-order valence-corrected chi connectivity index (χ4v) is 3.98. The molecule has 0 fully saturated rings. The lowest BCUT2D eigenvalue weighted by Gasteiger charge is -2.27. The molecule has 2 aromatic rings. The Hall–Kier alpha value is -1.89. The Morgan fingerprint density at radius 1 is 1.17 bits per heavy atom. The fraction of sp³-hybridized carbons (Fsp3) is 0.333. The van der Waals surface area contributed by atoms with Crippen LogP contribution in [0.1, 0.15) is 24.1 Å². The van der Waals surface area contributed by atoms with E-state index in [2.05, 4.69) is 22.2 Å². The molecule has 24 heavy (non-hydrogen) atoms. The van der Waals surface area contributed by atoms with Crippen molar-refractivity contribution in [1.82, 2.24) is 10.0 Å². The van der Waals surface area contributed by atoms with Gasteiger partial charge in [-0.2, -0.15) is 0 Å². The lowest BCUT2D eigenvalue weighted by molar-refractivity contribution is 0.340. The van der Waals surface area contributed by atoms with E-state index in [0.29, 0.717) is 18.9 Å². The largest absolute Gasteiger partial charge is 0.494 e. The molecule has 1 aliphatic rings. The monoisotopic (exact) mass is 346 g/mol. The molecule has 3 rings (SSSR count). The van der Waals surface area contributed by atoms with Crippen LogP contribution in [0.4, 0.5) is 0 Å². The van der Waals surface area contributed by atoms with Crippen molar-refractivity contribution in [2.24, 2.45) is 0 Å². The van der Waals surface area contributed by atoms with Gasteiger partial charge in [-0.25, -0.2) is 13.1 Å². The first kappa shape index (κ1) is 17.0. The van der Waals surface area contributed by atoms with Gasteiger partial charge in [0, 0.05) is 12.6 Å². The Bertz CT molecular complexity index is 788. The molecule has 1 heterocycles. The summed E-state index contributed by atoms with van der Waals surface area (Å²) in [5.74, 6) is 0.666. The van der Waals surface area contributed by atoms with E-state index in [1.54, 1.807) is 24.3 Å². The van der Waals surface area contributed by atoms with E-state index in [0.717, 1.165) is 18.5 Å². The summed E-state index contributed by atoms with van der Waals surface area (Å²) >= 11 is 0. The Balaban J connectivity index is 1.70. The number of benzene rings is 2. The van der Waals surface area contributed by atoms with E-state index >= 15 is 0 Å². The van der Waals surface area contributed by atoms with Gasteiger partial charge in [0.25, 0.3) is 0 Å². The molecule has 0 spiro atoms. The van der Waals surface area contributed by atoms with Crippen molar-refractivity contribution in [2.45, 2.75) is 24.3 Å². The van der Waals surface area contributed by atoms with E-state index in [1.807, 2.05) is 19.1 Å². The number of hydrogen-bond acceptors (Lipinski definition) is 4. The van der Waals surface area contributed by atoms with Crippen molar-refractivity contribution < 1.29 is 13.2 Å². The number of rotatable bonds is 6. The predicted octanol–water partition coefficient (Wildman–Crippen LogP) is 2.25.